The fourth-order valence-corrected chi connectivity index (χ4v) is 4.18. The Kier molecular flexibility index (Phi) is 4.76. The number of carboxylic acids is 1. The van der Waals surface area contributed by atoms with Crippen LogP contribution in [0.2, 0.25) is 0 Å². The van der Waals surface area contributed by atoms with Crippen LogP contribution in [-0.2, 0) is 19.6 Å². The van der Waals surface area contributed by atoms with Crippen molar-refractivity contribution in [1.29, 1.82) is 0 Å². The Morgan fingerprint density at radius 1 is 1.22 bits per heavy atom. The summed E-state index contributed by atoms with van der Waals surface area (Å²) in [6.45, 7) is 3.32. The van der Waals surface area contributed by atoms with Gasteiger partial charge in [-0.25, -0.2) is 8.42 Å². The van der Waals surface area contributed by atoms with E-state index in [0.29, 0.717) is 5.69 Å². The van der Waals surface area contributed by atoms with Crippen molar-refractivity contribution in [2.75, 3.05) is 25.0 Å². The minimum absolute atomic E-state index is 0.0199. The Hall–Kier alpha value is -1.93. The van der Waals surface area contributed by atoms with E-state index in [0.717, 1.165) is 0 Å². The van der Waals surface area contributed by atoms with Crippen LogP contribution in [0.3, 0.4) is 0 Å². The largest absolute Gasteiger partial charge is 0.481 e. The van der Waals surface area contributed by atoms with Crippen LogP contribution in [0.4, 0.5) is 5.69 Å². The molecule has 23 heavy (non-hydrogen) atoms. The van der Waals surface area contributed by atoms with Gasteiger partial charge in [0.05, 0.1) is 10.8 Å². The second kappa shape index (κ2) is 6.29. The number of carboxylic acid groups (broad SMARTS) is 1. The molecule has 8 heteroatoms. The van der Waals surface area contributed by atoms with E-state index in [1.165, 1.54) is 28.3 Å². The molecule has 0 spiro atoms. The standard InChI is InChI=1S/C15H20N2O5S/c1-10-8-17(9-14(10)15(19)20)23(21,22)13-6-4-12(5-7-13)16(3)11(2)18/h4-7,10,14H,8-9H2,1-3H3,(H,19,20)/t10-,14-/m1/s1. The van der Waals surface area contributed by atoms with Gasteiger partial charge >= 0.3 is 5.97 Å². The normalized spacial score (nSPS) is 22.0. The lowest BCUT2D eigenvalue weighted by Gasteiger charge is -2.18. The number of aliphatic carboxylic acids is 1. The summed E-state index contributed by atoms with van der Waals surface area (Å²) >= 11 is 0. The van der Waals surface area contributed by atoms with Crippen molar-refractivity contribution in [2.45, 2.75) is 18.7 Å². The highest BCUT2D eigenvalue weighted by Crippen LogP contribution is 2.29. The van der Waals surface area contributed by atoms with Crippen LogP contribution in [0.15, 0.2) is 29.2 Å². The molecule has 1 amide bonds. The van der Waals surface area contributed by atoms with E-state index in [4.69, 9.17) is 5.11 Å². The molecular formula is C15H20N2O5S. The molecule has 126 valence electrons. The van der Waals surface area contributed by atoms with Crippen LogP contribution >= 0.6 is 0 Å². The van der Waals surface area contributed by atoms with Crippen molar-refractivity contribution in [2.24, 2.45) is 11.8 Å². The molecule has 1 aromatic rings. The van der Waals surface area contributed by atoms with Gasteiger partial charge in [0.2, 0.25) is 15.9 Å². The molecule has 1 aromatic carbocycles. The van der Waals surface area contributed by atoms with Crippen LogP contribution in [-0.4, -0.2) is 49.8 Å². The fraction of sp³-hybridized carbons (Fsp3) is 0.467. The average Bonchev–Trinajstić information content (AvgIpc) is 2.89. The van der Waals surface area contributed by atoms with E-state index in [1.54, 1.807) is 26.1 Å². The van der Waals surface area contributed by atoms with Gasteiger partial charge in [-0.05, 0) is 30.2 Å². The molecule has 0 aliphatic carbocycles. The van der Waals surface area contributed by atoms with Gasteiger partial charge in [0.15, 0.2) is 0 Å². The maximum atomic E-state index is 12.6. The summed E-state index contributed by atoms with van der Waals surface area (Å²) in [4.78, 5) is 24.0. The number of rotatable bonds is 4. The van der Waals surface area contributed by atoms with Gasteiger partial charge in [0, 0.05) is 32.7 Å². The van der Waals surface area contributed by atoms with Crippen molar-refractivity contribution in [3.05, 3.63) is 24.3 Å². The SMILES string of the molecule is CC(=O)N(C)c1ccc(S(=O)(=O)N2C[C@@H](C)[C@H](C(=O)O)C2)cc1. The zero-order valence-corrected chi connectivity index (χ0v) is 14.1. The summed E-state index contributed by atoms with van der Waals surface area (Å²) < 4.78 is 26.4. The van der Waals surface area contributed by atoms with Gasteiger partial charge < -0.3 is 10.0 Å². The Bertz CT molecular complexity index is 714. The van der Waals surface area contributed by atoms with E-state index in [-0.39, 0.29) is 29.8 Å². The van der Waals surface area contributed by atoms with E-state index < -0.39 is 21.9 Å². The molecule has 1 N–H and O–H groups in total. The maximum Gasteiger partial charge on any atom is 0.308 e. The summed E-state index contributed by atoms with van der Waals surface area (Å²) in [5.74, 6) is -2.05. The molecule has 0 bridgehead atoms. The van der Waals surface area contributed by atoms with Crippen molar-refractivity contribution < 1.29 is 23.1 Å². The van der Waals surface area contributed by atoms with Crippen molar-refractivity contribution in [3.8, 4) is 0 Å². The molecule has 0 unspecified atom stereocenters. The molecule has 1 heterocycles. The van der Waals surface area contributed by atoms with Gasteiger partial charge in [-0.3, -0.25) is 9.59 Å². The van der Waals surface area contributed by atoms with Crippen LogP contribution in [0.25, 0.3) is 0 Å². The quantitative estimate of drug-likeness (QED) is 0.883. The third-order valence-corrected chi connectivity index (χ3v) is 6.08. The molecule has 2 atom stereocenters. The van der Waals surface area contributed by atoms with Crippen LogP contribution in [0, 0.1) is 11.8 Å². The number of benzene rings is 1. The smallest absolute Gasteiger partial charge is 0.308 e. The zero-order chi connectivity index (χ0) is 17.4. The molecule has 1 saturated heterocycles. The summed E-state index contributed by atoms with van der Waals surface area (Å²) in [6, 6.07) is 5.98. The lowest BCUT2D eigenvalue weighted by molar-refractivity contribution is -0.142. The van der Waals surface area contributed by atoms with Gasteiger partial charge in [-0.15, -0.1) is 0 Å². The zero-order valence-electron chi connectivity index (χ0n) is 13.3. The Labute approximate surface area is 135 Å². The number of sulfonamides is 1. The molecule has 2 rings (SSSR count). The molecule has 1 aliphatic rings. The molecular weight excluding hydrogens is 320 g/mol. The van der Waals surface area contributed by atoms with Crippen molar-refractivity contribution in [3.63, 3.8) is 0 Å². The van der Waals surface area contributed by atoms with Crippen LogP contribution < -0.4 is 4.90 Å². The Balaban J connectivity index is 2.24. The monoisotopic (exact) mass is 340 g/mol. The second-order valence-corrected chi connectivity index (χ2v) is 7.75. The third kappa shape index (κ3) is 3.37. The number of hydrogen-bond donors (Lipinski definition) is 1. The van der Waals surface area contributed by atoms with E-state index in [9.17, 15) is 18.0 Å². The molecule has 0 radical (unpaired) electrons. The van der Waals surface area contributed by atoms with Crippen molar-refractivity contribution in [1.82, 2.24) is 4.31 Å². The number of hydrogen-bond acceptors (Lipinski definition) is 4. The van der Waals surface area contributed by atoms with Gasteiger partial charge in [-0.2, -0.15) is 4.31 Å². The number of amides is 1. The Morgan fingerprint density at radius 3 is 2.22 bits per heavy atom. The summed E-state index contributed by atoms with van der Waals surface area (Å²) in [5.41, 5.74) is 0.592. The predicted octanol–water partition coefficient (Wildman–Crippen LogP) is 1.01. The summed E-state index contributed by atoms with van der Waals surface area (Å²) in [6.07, 6.45) is 0. The molecule has 0 saturated carbocycles. The van der Waals surface area contributed by atoms with Gasteiger partial charge in [0.25, 0.3) is 0 Å². The first kappa shape index (κ1) is 17.4. The van der Waals surface area contributed by atoms with E-state index in [1.807, 2.05) is 0 Å². The highest BCUT2D eigenvalue weighted by Gasteiger charge is 2.40. The number of anilines is 1. The lowest BCUT2D eigenvalue weighted by atomic mass is 9.99. The highest BCUT2D eigenvalue weighted by atomic mass is 32.2. The van der Waals surface area contributed by atoms with Gasteiger partial charge in [0.1, 0.15) is 0 Å². The number of carbonyl (C=O) groups is 2. The fourth-order valence-electron chi connectivity index (χ4n) is 2.61. The third-order valence-electron chi connectivity index (χ3n) is 4.23. The first-order chi connectivity index (χ1) is 10.6. The summed E-state index contributed by atoms with van der Waals surface area (Å²) in [7, 11) is -2.13. The predicted molar refractivity (Wildman–Crippen MR) is 84.6 cm³/mol. The minimum Gasteiger partial charge on any atom is -0.481 e. The first-order valence-electron chi connectivity index (χ1n) is 7.22. The molecule has 0 aromatic heterocycles. The molecule has 1 aliphatic heterocycles. The first-order valence-corrected chi connectivity index (χ1v) is 8.66. The van der Waals surface area contributed by atoms with Crippen LogP contribution in [0.5, 0.6) is 0 Å². The highest BCUT2D eigenvalue weighted by molar-refractivity contribution is 7.89. The van der Waals surface area contributed by atoms with Gasteiger partial charge in [-0.1, -0.05) is 6.92 Å². The minimum atomic E-state index is -3.73. The second-order valence-electron chi connectivity index (χ2n) is 5.82. The average molecular weight is 340 g/mol. The van der Waals surface area contributed by atoms with Crippen molar-refractivity contribution >= 4 is 27.6 Å². The van der Waals surface area contributed by atoms with E-state index >= 15 is 0 Å². The Morgan fingerprint density at radius 2 is 1.78 bits per heavy atom. The topological polar surface area (TPSA) is 95.0 Å². The van der Waals surface area contributed by atoms with Crippen LogP contribution in [0.1, 0.15) is 13.8 Å². The van der Waals surface area contributed by atoms with E-state index in [2.05, 4.69) is 0 Å². The number of carbonyl (C=O) groups excluding carboxylic acids is 1. The lowest BCUT2D eigenvalue weighted by Crippen LogP contribution is -2.30. The number of nitrogens with zero attached hydrogens (tertiary/aromatic N) is 2. The molecule has 7 nitrogen and oxygen atoms in total. The summed E-state index contributed by atoms with van der Waals surface area (Å²) in [5, 5.41) is 9.13. The maximum absolute atomic E-state index is 12.6. The molecule has 1 fully saturated rings.